The number of benzene rings is 2. The largest absolute Gasteiger partial charge is 0.350 e. The SMILES string of the molecule is O=C(CCCSc1nnc(-c2ccccc2)n1-c1ccccc1)NCc1ccccn1. The second-order valence-corrected chi connectivity index (χ2v) is 7.96. The first-order valence-corrected chi connectivity index (χ1v) is 11.2. The highest BCUT2D eigenvalue weighted by molar-refractivity contribution is 7.99. The Kier molecular flexibility index (Phi) is 7.08. The van der Waals surface area contributed by atoms with Crippen LogP contribution in [0.4, 0.5) is 0 Å². The monoisotopic (exact) mass is 429 g/mol. The van der Waals surface area contributed by atoms with E-state index in [0.29, 0.717) is 13.0 Å². The molecule has 0 aliphatic heterocycles. The van der Waals surface area contributed by atoms with Gasteiger partial charge in [-0.1, -0.05) is 66.4 Å². The molecule has 0 bridgehead atoms. The zero-order valence-corrected chi connectivity index (χ0v) is 17.8. The summed E-state index contributed by atoms with van der Waals surface area (Å²) in [6.45, 7) is 0.454. The molecule has 0 radical (unpaired) electrons. The highest BCUT2D eigenvalue weighted by Gasteiger charge is 2.16. The summed E-state index contributed by atoms with van der Waals surface area (Å²) in [6, 6.07) is 25.8. The summed E-state index contributed by atoms with van der Waals surface area (Å²) in [7, 11) is 0. The second kappa shape index (κ2) is 10.5. The summed E-state index contributed by atoms with van der Waals surface area (Å²) in [5.74, 6) is 1.61. The summed E-state index contributed by atoms with van der Waals surface area (Å²) >= 11 is 1.61. The third-order valence-corrected chi connectivity index (χ3v) is 5.67. The zero-order chi connectivity index (χ0) is 21.3. The normalized spacial score (nSPS) is 10.7. The Morgan fingerprint density at radius 3 is 2.39 bits per heavy atom. The number of amides is 1. The summed E-state index contributed by atoms with van der Waals surface area (Å²) in [4.78, 5) is 16.3. The fourth-order valence-electron chi connectivity index (χ4n) is 3.12. The fraction of sp³-hybridized carbons (Fsp3) is 0.167. The molecule has 0 unspecified atom stereocenters. The van der Waals surface area contributed by atoms with E-state index in [1.54, 1.807) is 18.0 Å². The average molecular weight is 430 g/mol. The number of pyridine rings is 1. The van der Waals surface area contributed by atoms with E-state index in [4.69, 9.17) is 0 Å². The predicted molar refractivity (Wildman–Crippen MR) is 123 cm³/mol. The van der Waals surface area contributed by atoms with Gasteiger partial charge in [-0.2, -0.15) is 0 Å². The van der Waals surface area contributed by atoms with Gasteiger partial charge in [0.25, 0.3) is 0 Å². The molecule has 0 atom stereocenters. The van der Waals surface area contributed by atoms with E-state index >= 15 is 0 Å². The van der Waals surface area contributed by atoms with Gasteiger partial charge in [0.1, 0.15) is 0 Å². The molecule has 6 nitrogen and oxygen atoms in total. The van der Waals surface area contributed by atoms with Crippen molar-refractivity contribution in [2.24, 2.45) is 0 Å². The summed E-state index contributed by atoms with van der Waals surface area (Å²) in [5.41, 5.74) is 2.89. The topological polar surface area (TPSA) is 72.7 Å². The Morgan fingerprint density at radius 1 is 0.903 bits per heavy atom. The molecule has 0 aliphatic rings. The highest BCUT2D eigenvalue weighted by Crippen LogP contribution is 2.28. The number of hydrogen-bond acceptors (Lipinski definition) is 5. The van der Waals surface area contributed by atoms with Gasteiger partial charge in [-0.25, -0.2) is 0 Å². The molecule has 1 N–H and O–H groups in total. The summed E-state index contributed by atoms with van der Waals surface area (Å²) < 4.78 is 2.07. The van der Waals surface area contributed by atoms with E-state index in [-0.39, 0.29) is 5.91 Å². The number of carbonyl (C=O) groups excluding carboxylic acids is 1. The third-order valence-electron chi connectivity index (χ3n) is 4.65. The zero-order valence-electron chi connectivity index (χ0n) is 17.0. The van der Waals surface area contributed by atoms with Crippen molar-refractivity contribution in [3.8, 4) is 17.1 Å². The lowest BCUT2D eigenvalue weighted by molar-refractivity contribution is -0.121. The minimum atomic E-state index is 0.0285. The van der Waals surface area contributed by atoms with Gasteiger partial charge in [0.05, 0.1) is 12.2 Å². The van der Waals surface area contributed by atoms with Crippen LogP contribution in [0.1, 0.15) is 18.5 Å². The van der Waals surface area contributed by atoms with Crippen molar-refractivity contribution in [2.75, 3.05) is 5.75 Å². The molecule has 2 aromatic heterocycles. The van der Waals surface area contributed by atoms with Crippen LogP contribution in [0.15, 0.2) is 90.2 Å². The van der Waals surface area contributed by atoms with E-state index in [2.05, 4.69) is 25.1 Å². The third kappa shape index (κ3) is 5.58. The van der Waals surface area contributed by atoms with E-state index in [9.17, 15) is 4.79 Å². The number of nitrogens with one attached hydrogen (secondary N) is 1. The van der Waals surface area contributed by atoms with Crippen molar-refractivity contribution in [1.29, 1.82) is 0 Å². The highest BCUT2D eigenvalue weighted by atomic mass is 32.2. The van der Waals surface area contributed by atoms with Crippen LogP contribution >= 0.6 is 11.8 Å². The van der Waals surface area contributed by atoms with Crippen LogP contribution in [0.25, 0.3) is 17.1 Å². The average Bonchev–Trinajstić information content (AvgIpc) is 3.26. The number of rotatable bonds is 9. The maximum Gasteiger partial charge on any atom is 0.220 e. The van der Waals surface area contributed by atoms with Crippen LogP contribution in [-0.4, -0.2) is 31.4 Å². The molecule has 31 heavy (non-hydrogen) atoms. The number of para-hydroxylation sites is 1. The Hall–Kier alpha value is -3.45. The van der Waals surface area contributed by atoms with Crippen LogP contribution in [0, 0.1) is 0 Å². The van der Waals surface area contributed by atoms with Gasteiger partial charge < -0.3 is 5.32 Å². The maximum absolute atomic E-state index is 12.1. The lowest BCUT2D eigenvalue weighted by Crippen LogP contribution is -2.22. The second-order valence-electron chi connectivity index (χ2n) is 6.89. The molecule has 0 saturated carbocycles. The van der Waals surface area contributed by atoms with E-state index in [0.717, 1.165) is 40.1 Å². The first-order valence-electron chi connectivity index (χ1n) is 10.2. The van der Waals surface area contributed by atoms with Crippen LogP contribution in [0.5, 0.6) is 0 Å². The number of carbonyl (C=O) groups is 1. The van der Waals surface area contributed by atoms with Gasteiger partial charge in [0.15, 0.2) is 11.0 Å². The Balaban J connectivity index is 1.37. The Bertz CT molecular complexity index is 1100. The quantitative estimate of drug-likeness (QED) is 0.313. The molecular weight excluding hydrogens is 406 g/mol. The standard InChI is InChI=1S/C24H23N5OS/c30-22(26-18-20-12-7-8-16-25-20)15-9-17-31-24-28-27-23(19-10-3-1-4-11-19)29(24)21-13-5-2-6-14-21/h1-8,10-14,16H,9,15,17-18H2,(H,26,30). The molecule has 4 rings (SSSR count). The number of aromatic nitrogens is 4. The van der Waals surface area contributed by atoms with Gasteiger partial charge >= 0.3 is 0 Å². The molecule has 2 heterocycles. The minimum absolute atomic E-state index is 0.0285. The first kappa shape index (κ1) is 20.8. The molecular formula is C24H23N5OS. The summed E-state index contributed by atoms with van der Waals surface area (Å²) in [5, 5.41) is 12.6. The molecule has 1 amide bonds. The molecule has 0 fully saturated rings. The number of hydrogen-bond donors (Lipinski definition) is 1. The number of nitrogens with zero attached hydrogens (tertiary/aromatic N) is 4. The van der Waals surface area contributed by atoms with Gasteiger partial charge in [0, 0.05) is 29.6 Å². The van der Waals surface area contributed by atoms with Crippen molar-refractivity contribution in [1.82, 2.24) is 25.1 Å². The van der Waals surface area contributed by atoms with Crippen LogP contribution < -0.4 is 5.32 Å². The maximum atomic E-state index is 12.1. The van der Waals surface area contributed by atoms with E-state index in [1.807, 2.05) is 78.9 Å². The molecule has 156 valence electrons. The fourth-order valence-corrected chi connectivity index (χ4v) is 4.01. The minimum Gasteiger partial charge on any atom is -0.350 e. The van der Waals surface area contributed by atoms with Crippen LogP contribution in [0.3, 0.4) is 0 Å². The van der Waals surface area contributed by atoms with Gasteiger partial charge in [0.2, 0.25) is 5.91 Å². The van der Waals surface area contributed by atoms with E-state index < -0.39 is 0 Å². The predicted octanol–water partition coefficient (Wildman–Crippen LogP) is 4.52. The molecule has 2 aromatic carbocycles. The smallest absolute Gasteiger partial charge is 0.220 e. The molecule has 0 saturated heterocycles. The van der Waals surface area contributed by atoms with Crippen LogP contribution in [0.2, 0.25) is 0 Å². The lowest BCUT2D eigenvalue weighted by Gasteiger charge is -2.10. The molecule has 7 heteroatoms. The van der Waals surface area contributed by atoms with Crippen molar-refractivity contribution < 1.29 is 4.79 Å². The van der Waals surface area contributed by atoms with Crippen molar-refractivity contribution >= 4 is 17.7 Å². The van der Waals surface area contributed by atoms with Gasteiger partial charge in [-0.15, -0.1) is 10.2 Å². The van der Waals surface area contributed by atoms with Gasteiger partial charge in [-0.3, -0.25) is 14.3 Å². The first-order chi connectivity index (χ1) is 15.3. The lowest BCUT2D eigenvalue weighted by atomic mass is 10.2. The van der Waals surface area contributed by atoms with E-state index in [1.165, 1.54) is 0 Å². The number of thioether (sulfide) groups is 1. The Labute approximate surface area is 185 Å². The van der Waals surface area contributed by atoms with Crippen molar-refractivity contribution in [3.63, 3.8) is 0 Å². The molecule has 0 aliphatic carbocycles. The van der Waals surface area contributed by atoms with Crippen LogP contribution in [-0.2, 0) is 11.3 Å². The molecule has 0 spiro atoms. The molecule has 4 aromatic rings. The van der Waals surface area contributed by atoms with Crippen molar-refractivity contribution in [2.45, 2.75) is 24.5 Å². The Morgan fingerprint density at radius 2 is 1.65 bits per heavy atom. The summed E-state index contributed by atoms with van der Waals surface area (Å²) in [6.07, 6.45) is 2.94. The van der Waals surface area contributed by atoms with Crippen molar-refractivity contribution in [3.05, 3.63) is 90.8 Å². The van der Waals surface area contributed by atoms with Gasteiger partial charge in [-0.05, 0) is 30.7 Å².